The molecule has 0 aliphatic rings. The Morgan fingerprint density at radius 1 is 0.622 bits per heavy atom. The van der Waals surface area contributed by atoms with E-state index in [1.54, 1.807) is 0 Å². The summed E-state index contributed by atoms with van der Waals surface area (Å²) >= 11 is 4.45. The van der Waals surface area contributed by atoms with E-state index in [1.165, 1.54) is 0 Å². The molecule has 0 aliphatic heterocycles. The molecule has 0 aromatic rings. The fraction of sp³-hybridized carbons (Fsp3) is 1.00. The summed E-state index contributed by atoms with van der Waals surface area (Å²) in [7, 11) is -11.3. The van der Waals surface area contributed by atoms with Gasteiger partial charge in [0, 0.05) is 75.1 Å². The summed E-state index contributed by atoms with van der Waals surface area (Å²) in [5.41, 5.74) is 0. The van der Waals surface area contributed by atoms with Gasteiger partial charge in [-0.2, -0.15) is 4.21 Å². The van der Waals surface area contributed by atoms with Gasteiger partial charge in [0.2, 0.25) is 0 Å². The van der Waals surface area contributed by atoms with Crippen LogP contribution in [0.5, 0.6) is 0 Å². The molecule has 11 nitrogen and oxygen atoms in total. The molecule has 3 N–H and O–H groups in total. The Balaban J connectivity index is 0. The van der Waals surface area contributed by atoms with Crippen molar-refractivity contribution in [2.24, 2.45) is 0 Å². The zero-order valence-electron chi connectivity index (χ0n) is 23.1. The maximum atomic E-state index is 11.0. The molecule has 37 heavy (non-hydrogen) atoms. The second kappa shape index (κ2) is 22.5. The van der Waals surface area contributed by atoms with E-state index >= 15 is 0 Å². The van der Waals surface area contributed by atoms with Crippen LogP contribution in [0.2, 0.25) is 12.1 Å². The van der Waals surface area contributed by atoms with Crippen molar-refractivity contribution < 1.29 is 48.6 Å². The van der Waals surface area contributed by atoms with Crippen LogP contribution < -0.4 is 0 Å². The van der Waals surface area contributed by atoms with Crippen molar-refractivity contribution in [3.8, 4) is 0 Å². The molecule has 17 heteroatoms. The molecule has 1 unspecified atom stereocenters. The van der Waals surface area contributed by atoms with Gasteiger partial charge in [-0.1, -0.05) is 0 Å². The van der Waals surface area contributed by atoms with Crippen LogP contribution in [0.15, 0.2) is 0 Å². The van der Waals surface area contributed by atoms with Crippen molar-refractivity contribution in [1.29, 1.82) is 0 Å². The van der Waals surface area contributed by atoms with Gasteiger partial charge in [-0.25, -0.2) is 4.21 Å². The minimum atomic E-state index is -3.69. The van der Waals surface area contributed by atoms with E-state index in [1.807, 2.05) is 41.5 Å². The number of hydrogen-bond acceptors (Lipinski definition) is 9. The third kappa shape index (κ3) is 23.2. The fourth-order valence-electron chi connectivity index (χ4n) is 3.24. The molecule has 226 valence electrons. The Hall–Kier alpha value is 0.814. The Labute approximate surface area is 235 Å². The van der Waals surface area contributed by atoms with Gasteiger partial charge in [0.15, 0.2) is 5.75 Å². The molecule has 0 spiro atoms. The maximum absolute atomic E-state index is 11.0. The normalized spacial score (nSPS) is 14.1. The van der Waals surface area contributed by atoms with Crippen LogP contribution in [0.25, 0.3) is 0 Å². The van der Waals surface area contributed by atoms with Crippen LogP contribution >= 0.6 is 0 Å². The van der Waals surface area contributed by atoms with Gasteiger partial charge in [-0.05, 0) is 60.8 Å². The first kappa shape index (κ1) is 40.0. The molecule has 0 bridgehead atoms. The Morgan fingerprint density at radius 3 is 1.22 bits per heavy atom. The molecule has 0 saturated heterocycles. The molecular weight excluding hydrogens is 601 g/mol. The van der Waals surface area contributed by atoms with E-state index < -0.39 is 35.4 Å². The van der Waals surface area contributed by atoms with Crippen LogP contribution in [0.1, 0.15) is 67.2 Å². The summed E-state index contributed by atoms with van der Waals surface area (Å²) in [5, 5.41) is 0. The summed E-state index contributed by atoms with van der Waals surface area (Å²) in [5.74, 6) is 0.553. The SMILES string of the molecule is CCO[Si](CCCCS(=O)(O)=S)(OCC)OCC.CCO[Si](CCCC[S+]=S(=O)(O)O)(OCC)OCC. The van der Waals surface area contributed by atoms with E-state index in [9.17, 15) is 8.42 Å². The smallest absolute Gasteiger partial charge is 0.374 e. The second-order valence-corrected chi connectivity index (χ2v) is 19.6. The molecule has 0 rings (SSSR count). The van der Waals surface area contributed by atoms with E-state index in [4.69, 9.17) is 40.2 Å². The highest BCUT2D eigenvalue weighted by atomic mass is 32.9. The van der Waals surface area contributed by atoms with Gasteiger partial charge < -0.3 is 31.1 Å². The molecule has 0 aliphatic carbocycles. The monoisotopic (exact) mass is 649 g/mol. The maximum Gasteiger partial charge on any atom is 0.500 e. The van der Waals surface area contributed by atoms with Gasteiger partial charge in [0.1, 0.15) is 8.77 Å². The minimum Gasteiger partial charge on any atom is -0.374 e. The first-order valence-corrected chi connectivity index (χ1v) is 22.1. The van der Waals surface area contributed by atoms with Crippen molar-refractivity contribution in [3.05, 3.63) is 0 Å². The van der Waals surface area contributed by atoms with Crippen molar-refractivity contribution in [2.75, 3.05) is 51.1 Å². The first-order valence-electron chi connectivity index (χ1n) is 12.7. The third-order valence-electron chi connectivity index (χ3n) is 4.43. The molecule has 1 atom stereocenters. The van der Waals surface area contributed by atoms with Gasteiger partial charge in [-0.3, -0.25) is 9.11 Å². The van der Waals surface area contributed by atoms with E-state index in [-0.39, 0.29) is 5.75 Å². The largest absolute Gasteiger partial charge is 0.500 e. The number of hydrogen-bond donors (Lipinski definition) is 3. The highest BCUT2D eigenvalue weighted by molar-refractivity contribution is 8.34. The Morgan fingerprint density at radius 2 is 0.946 bits per heavy atom. The van der Waals surface area contributed by atoms with Gasteiger partial charge >= 0.3 is 26.7 Å². The van der Waals surface area contributed by atoms with Crippen LogP contribution in [-0.4, -0.2) is 90.8 Å². The Bertz CT molecular complexity index is 736. The second-order valence-electron chi connectivity index (χ2n) is 7.43. The van der Waals surface area contributed by atoms with Crippen LogP contribution in [0.3, 0.4) is 0 Å². The predicted octanol–water partition coefficient (Wildman–Crippen LogP) is 4.08. The molecule has 0 heterocycles. The lowest BCUT2D eigenvalue weighted by Gasteiger charge is -2.28. The summed E-state index contributed by atoms with van der Waals surface area (Å²) < 4.78 is 82.2. The minimum absolute atomic E-state index is 0.136. The van der Waals surface area contributed by atoms with Crippen molar-refractivity contribution in [3.63, 3.8) is 0 Å². The van der Waals surface area contributed by atoms with Crippen molar-refractivity contribution >= 4 is 56.9 Å². The van der Waals surface area contributed by atoms with E-state index in [2.05, 4.69) is 11.2 Å². The highest BCUT2D eigenvalue weighted by Gasteiger charge is 2.40. The van der Waals surface area contributed by atoms with Crippen molar-refractivity contribution in [2.45, 2.75) is 79.3 Å². The number of rotatable bonds is 22. The molecule has 0 fully saturated rings. The predicted molar refractivity (Wildman–Crippen MR) is 158 cm³/mol. The lowest BCUT2D eigenvalue weighted by Crippen LogP contribution is -2.45. The van der Waals surface area contributed by atoms with Gasteiger partial charge in [0.25, 0.3) is 10.3 Å². The van der Waals surface area contributed by atoms with Gasteiger partial charge in [-0.15, -0.1) is 0 Å². The summed E-state index contributed by atoms with van der Waals surface area (Å²) in [6.07, 6.45) is 2.78. The summed E-state index contributed by atoms with van der Waals surface area (Å²) in [4.78, 5) is 0. The average Bonchev–Trinajstić information content (AvgIpc) is 2.77. The number of unbranched alkanes of at least 4 members (excludes halogenated alkanes) is 2. The van der Waals surface area contributed by atoms with Gasteiger partial charge in [0.05, 0.1) is 0 Å². The lowest BCUT2D eigenvalue weighted by molar-refractivity contribution is 0.0700. The molecule has 0 aromatic carbocycles. The summed E-state index contributed by atoms with van der Waals surface area (Å²) in [6.45, 7) is 14.7. The topological polar surface area (TPSA) is 150 Å². The quantitative estimate of drug-likeness (QED) is 0.0881. The molecular formula is C20H49O11S4Si2+. The molecule has 0 radical (unpaired) electrons. The van der Waals surface area contributed by atoms with Crippen LogP contribution in [0.4, 0.5) is 0 Å². The first-order chi connectivity index (χ1) is 17.3. The average molecular weight is 650 g/mol. The third-order valence-corrected chi connectivity index (χ3v) is 14.2. The zero-order chi connectivity index (χ0) is 28.8. The van der Waals surface area contributed by atoms with Crippen molar-refractivity contribution in [1.82, 2.24) is 0 Å². The molecule has 0 saturated carbocycles. The fourth-order valence-corrected chi connectivity index (χ4v) is 11.1. The van der Waals surface area contributed by atoms with E-state index in [0.29, 0.717) is 80.6 Å². The lowest BCUT2D eigenvalue weighted by atomic mass is 10.4. The standard InChI is InChI=1S/C10H24O6S2Si.C10H24O5S2Si/c1-4-14-19(15-5-2,16-6-3)10-8-7-9-17-18(11,12)13;1-4-13-18(14-5-2,15-6-3)10-8-7-9-17(11,12)16/h4-10H2,1-3H3,(H-,11,12,13);4-10H2,1-3H3,(H,11,12,16)/p+1. The zero-order valence-corrected chi connectivity index (χ0v) is 28.4. The van der Waals surface area contributed by atoms with Crippen LogP contribution in [0, 0.1) is 0 Å². The van der Waals surface area contributed by atoms with Crippen LogP contribution in [-0.2, 0) is 65.9 Å². The van der Waals surface area contributed by atoms with E-state index in [0.717, 1.165) is 12.8 Å². The summed E-state index contributed by atoms with van der Waals surface area (Å²) in [6, 6.07) is 1.34. The molecule has 0 aromatic heterocycles. The highest BCUT2D eigenvalue weighted by Crippen LogP contribution is 2.20. The Kier molecular flexibility index (Phi) is 24.3. The molecule has 0 amide bonds.